The molecule has 96 valence electrons. The van der Waals surface area contributed by atoms with Gasteiger partial charge in [0.2, 0.25) is 0 Å². The van der Waals surface area contributed by atoms with Crippen LogP contribution in [0.15, 0.2) is 18.3 Å². The van der Waals surface area contributed by atoms with Crippen LogP contribution >= 0.6 is 0 Å². The molecular formula is C14H18N2O2. The molecule has 1 aromatic heterocycles. The Hall–Kier alpha value is -1.71. The van der Waals surface area contributed by atoms with E-state index in [9.17, 15) is 9.59 Å². The first-order chi connectivity index (χ1) is 8.61. The monoisotopic (exact) mass is 246 g/mol. The molecule has 1 aliphatic heterocycles. The molecule has 2 rings (SSSR count). The number of rotatable bonds is 2. The zero-order valence-electron chi connectivity index (χ0n) is 10.8. The first-order valence-electron chi connectivity index (χ1n) is 6.36. The van der Waals surface area contributed by atoms with E-state index in [0.717, 1.165) is 12.1 Å². The fraction of sp³-hybridized carbons (Fsp3) is 0.500. The van der Waals surface area contributed by atoms with E-state index in [1.807, 2.05) is 19.9 Å². The highest BCUT2D eigenvalue weighted by Gasteiger charge is 2.28. The van der Waals surface area contributed by atoms with Crippen LogP contribution in [-0.4, -0.2) is 34.7 Å². The number of piperidine rings is 1. The van der Waals surface area contributed by atoms with Crippen molar-refractivity contribution in [2.24, 2.45) is 5.92 Å². The van der Waals surface area contributed by atoms with E-state index in [-0.39, 0.29) is 17.6 Å². The lowest BCUT2D eigenvalue weighted by molar-refractivity contribution is -0.125. The third-order valence-corrected chi connectivity index (χ3v) is 3.46. The summed E-state index contributed by atoms with van der Waals surface area (Å²) in [6, 6.07) is 3.63. The van der Waals surface area contributed by atoms with Gasteiger partial charge in [0.25, 0.3) is 5.91 Å². The van der Waals surface area contributed by atoms with Gasteiger partial charge in [0.05, 0.1) is 5.56 Å². The number of aromatic nitrogens is 1. The minimum Gasteiger partial charge on any atom is -0.337 e. The van der Waals surface area contributed by atoms with Crippen LogP contribution < -0.4 is 0 Å². The molecule has 1 saturated heterocycles. The van der Waals surface area contributed by atoms with Gasteiger partial charge in [0.15, 0.2) is 0 Å². The van der Waals surface area contributed by atoms with E-state index in [1.54, 1.807) is 17.2 Å². The average Bonchev–Trinajstić information content (AvgIpc) is 2.39. The summed E-state index contributed by atoms with van der Waals surface area (Å²) in [6.07, 6.45) is 2.88. The van der Waals surface area contributed by atoms with Crippen LogP contribution in [0.1, 0.15) is 35.8 Å². The minimum absolute atomic E-state index is 0.00103. The van der Waals surface area contributed by atoms with Crippen LogP contribution in [0.5, 0.6) is 0 Å². The van der Waals surface area contributed by atoms with E-state index in [1.165, 1.54) is 0 Å². The average molecular weight is 246 g/mol. The normalized spacial score (nSPS) is 20.0. The third-order valence-electron chi connectivity index (χ3n) is 3.46. The lowest BCUT2D eigenvalue weighted by Gasteiger charge is -2.31. The highest BCUT2D eigenvalue weighted by atomic mass is 16.2. The Morgan fingerprint density at radius 3 is 2.89 bits per heavy atom. The second-order valence-corrected chi connectivity index (χ2v) is 4.76. The first-order valence-corrected chi connectivity index (χ1v) is 6.36. The second-order valence-electron chi connectivity index (χ2n) is 4.76. The Bertz CT molecular complexity index is 453. The Morgan fingerprint density at radius 2 is 2.28 bits per heavy atom. The maximum Gasteiger partial charge on any atom is 0.255 e. The maximum atomic E-state index is 12.3. The van der Waals surface area contributed by atoms with E-state index >= 15 is 0 Å². The van der Waals surface area contributed by atoms with E-state index in [2.05, 4.69) is 4.98 Å². The van der Waals surface area contributed by atoms with Gasteiger partial charge < -0.3 is 4.90 Å². The molecule has 0 N–H and O–H groups in total. The van der Waals surface area contributed by atoms with Crippen LogP contribution in [0.25, 0.3) is 0 Å². The summed E-state index contributed by atoms with van der Waals surface area (Å²) in [5, 5.41) is 0. The van der Waals surface area contributed by atoms with Crippen LogP contribution in [-0.2, 0) is 4.79 Å². The zero-order chi connectivity index (χ0) is 13.1. The Labute approximate surface area is 107 Å². The van der Waals surface area contributed by atoms with Crippen molar-refractivity contribution in [1.82, 2.24) is 9.88 Å². The fourth-order valence-corrected chi connectivity index (χ4v) is 2.23. The number of ketones is 1. The van der Waals surface area contributed by atoms with Crippen LogP contribution in [0.3, 0.4) is 0 Å². The first kappa shape index (κ1) is 12.7. The lowest BCUT2D eigenvalue weighted by atomic mass is 9.94. The molecular weight excluding hydrogens is 228 g/mol. The van der Waals surface area contributed by atoms with Gasteiger partial charge in [-0.1, -0.05) is 6.92 Å². The van der Waals surface area contributed by atoms with E-state index < -0.39 is 0 Å². The van der Waals surface area contributed by atoms with Gasteiger partial charge >= 0.3 is 0 Å². The number of nitrogens with zero attached hydrogens (tertiary/aromatic N) is 2. The van der Waals surface area contributed by atoms with Crippen molar-refractivity contribution in [3.8, 4) is 0 Å². The number of carbonyl (C=O) groups is 2. The number of amides is 1. The molecule has 0 aromatic carbocycles. The number of Topliss-reactive ketones (excluding diaryl/α,β-unsaturated/α-hetero) is 1. The maximum absolute atomic E-state index is 12.3. The van der Waals surface area contributed by atoms with E-state index in [4.69, 9.17) is 0 Å². The summed E-state index contributed by atoms with van der Waals surface area (Å²) in [5.41, 5.74) is 1.50. The Kier molecular flexibility index (Phi) is 3.75. The minimum atomic E-state index is -0.0200. The van der Waals surface area contributed by atoms with Crippen molar-refractivity contribution in [1.29, 1.82) is 0 Å². The largest absolute Gasteiger partial charge is 0.337 e. The van der Waals surface area contributed by atoms with Crippen molar-refractivity contribution >= 4 is 11.7 Å². The van der Waals surface area contributed by atoms with Crippen molar-refractivity contribution in [2.45, 2.75) is 26.7 Å². The molecule has 18 heavy (non-hydrogen) atoms. The molecule has 0 bridgehead atoms. The molecule has 1 unspecified atom stereocenters. The zero-order valence-corrected chi connectivity index (χ0v) is 10.8. The highest BCUT2D eigenvalue weighted by molar-refractivity contribution is 5.95. The molecule has 0 radical (unpaired) electrons. The molecule has 1 fully saturated rings. The molecule has 4 nitrogen and oxygen atoms in total. The van der Waals surface area contributed by atoms with Gasteiger partial charge in [-0.25, -0.2) is 0 Å². The molecule has 2 heterocycles. The predicted molar refractivity (Wildman–Crippen MR) is 68.3 cm³/mol. The van der Waals surface area contributed by atoms with Gasteiger partial charge in [-0.05, 0) is 25.5 Å². The number of pyridine rings is 1. The van der Waals surface area contributed by atoms with Crippen molar-refractivity contribution in [3.63, 3.8) is 0 Å². The Balaban J connectivity index is 2.10. The van der Waals surface area contributed by atoms with Crippen LogP contribution in [0.4, 0.5) is 0 Å². The van der Waals surface area contributed by atoms with Gasteiger partial charge in [0, 0.05) is 37.3 Å². The number of hydrogen-bond donors (Lipinski definition) is 0. The third kappa shape index (κ3) is 2.58. The van der Waals surface area contributed by atoms with Crippen LogP contribution in [0.2, 0.25) is 0 Å². The van der Waals surface area contributed by atoms with Crippen molar-refractivity contribution < 1.29 is 9.59 Å². The predicted octanol–water partition coefficient (Wildman–Crippen LogP) is 1.83. The SMILES string of the molecule is CCC1CN(C(=O)c2ccc(C)nc2)CCC1=O. The molecule has 1 atom stereocenters. The topological polar surface area (TPSA) is 50.3 Å². The number of carbonyl (C=O) groups excluding carboxylic acids is 2. The van der Waals surface area contributed by atoms with Gasteiger partial charge in [0.1, 0.15) is 5.78 Å². The van der Waals surface area contributed by atoms with Crippen LogP contribution in [0, 0.1) is 12.8 Å². The Morgan fingerprint density at radius 1 is 1.50 bits per heavy atom. The quantitative estimate of drug-likeness (QED) is 0.800. The summed E-state index contributed by atoms with van der Waals surface area (Å²) in [6.45, 7) is 4.95. The standard InChI is InChI=1S/C14H18N2O2/c1-3-11-9-16(7-6-13(11)17)14(18)12-5-4-10(2)15-8-12/h4-5,8,11H,3,6-7,9H2,1-2H3. The number of aryl methyl sites for hydroxylation is 1. The molecule has 1 amide bonds. The molecule has 0 saturated carbocycles. The van der Waals surface area contributed by atoms with Gasteiger partial charge in [-0.15, -0.1) is 0 Å². The second kappa shape index (κ2) is 5.29. The summed E-state index contributed by atoms with van der Waals surface area (Å²) < 4.78 is 0. The fourth-order valence-electron chi connectivity index (χ4n) is 2.23. The molecule has 0 aliphatic carbocycles. The smallest absolute Gasteiger partial charge is 0.255 e. The molecule has 1 aliphatic rings. The number of hydrogen-bond acceptors (Lipinski definition) is 3. The lowest BCUT2D eigenvalue weighted by Crippen LogP contribution is -2.43. The highest BCUT2D eigenvalue weighted by Crippen LogP contribution is 2.18. The molecule has 4 heteroatoms. The van der Waals surface area contributed by atoms with Gasteiger partial charge in [-0.2, -0.15) is 0 Å². The van der Waals surface area contributed by atoms with E-state index in [0.29, 0.717) is 25.1 Å². The molecule has 1 aromatic rings. The number of likely N-dealkylation sites (tertiary alicyclic amines) is 1. The summed E-state index contributed by atoms with van der Waals surface area (Å²) >= 11 is 0. The summed E-state index contributed by atoms with van der Waals surface area (Å²) in [7, 11) is 0. The summed E-state index contributed by atoms with van der Waals surface area (Å²) in [5.74, 6) is 0.262. The summed E-state index contributed by atoms with van der Waals surface area (Å²) in [4.78, 5) is 29.8. The van der Waals surface area contributed by atoms with Crippen molar-refractivity contribution in [2.75, 3.05) is 13.1 Å². The molecule has 0 spiro atoms. The van der Waals surface area contributed by atoms with Crippen molar-refractivity contribution in [3.05, 3.63) is 29.6 Å². The van der Waals surface area contributed by atoms with Gasteiger partial charge in [-0.3, -0.25) is 14.6 Å².